The Bertz CT molecular complexity index is 525. The molecule has 2 rings (SSSR count). The molecule has 5 heteroatoms. The van der Waals surface area contributed by atoms with E-state index in [2.05, 4.69) is 4.72 Å². The summed E-state index contributed by atoms with van der Waals surface area (Å²) in [7, 11) is -3.30. The molecule has 0 aliphatic heterocycles. The molecule has 2 N–H and O–H groups in total. The predicted molar refractivity (Wildman–Crippen MR) is 79.8 cm³/mol. The predicted octanol–water partition coefficient (Wildman–Crippen LogP) is 2.00. The monoisotopic (exact) mass is 297 g/mol. The van der Waals surface area contributed by atoms with Crippen molar-refractivity contribution in [1.29, 1.82) is 0 Å². The highest BCUT2D eigenvalue weighted by molar-refractivity contribution is 7.89. The van der Waals surface area contributed by atoms with Gasteiger partial charge in [0.15, 0.2) is 0 Å². The summed E-state index contributed by atoms with van der Waals surface area (Å²) in [5, 5.41) is 10.9. The van der Waals surface area contributed by atoms with Crippen LogP contribution in [0.5, 0.6) is 0 Å². The third-order valence-electron chi connectivity index (χ3n) is 3.85. The first-order valence-corrected chi connectivity index (χ1v) is 8.88. The van der Waals surface area contributed by atoms with Crippen molar-refractivity contribution in [3.8, 4) is 0 Å². The SMILES string of the molecule is CCCCS(=O)(=O)NC[C@](O)(c1ccccc1)C1CC1. The van der Waals surface area contributed by atoms with Crippen molar-refractivity contribution >= 4 is 10.0 Å². The van der Waals surface area contributed by atoms with Crippen LogP contribution in [0.25, 0.3) is 0 Å². The van der Waals surface area contributed by atoms with Gasteiger partial charge in [0.25, 0.3) is 0 Å². The molecule has 0 spiro atoms. The number of hydrogen-bond acceptors (Lipinski definition) is 3. The molecular weight excluding hydrogens is 274 g/mol. The van der Waals surface area contributed by atoms with Gasteiger partial charge in [-0.2, -0.15) is 0 Å². The van der Waals surface area contributed by atoms with E-state index < -0.39 is 15.6 Å². The lowest BCUT2D eigenvalue weighted by molar-refractivity contribution is 0.0185. The number of benzene rings is 1. The molecule has 0 amide bonds. The molecule has 1 aromatic rings. The van der Waals surface area contributed by atoms with Gasteiger partial charge in [0.2, 0.25) is 10.0 Å². The van der Waals surface area contributed by atoms with E-state index >= 15 is 0 Å². The van der Waals surface area contributed by atoms with E-state index in [-0.39, 0.29) is 18.2 Å². The summed E-state index contributed by atoms with van der Waals surface area (Å²) in [6, 6.07) is 9.35. The molecule has 20 heavy (non-hydrogen) atoms. The quantitative estimate of drug-likeness (QED) is 0.771. The summed E-state index contributed by atoms with van der Waals surface area (Å²) in [4.78, 5) is 0. The van der Waals surface area contributed by atoms with Crippen molar-refractivity contribution in [2.75, 3.05) is 12.3 Å². The summed E-state index contributed by atoms with van der Waals surface area (Å²) in [5.74, 6) is 0.276. The van der Waals surface area contributed by atoms with Crippen molar-refractivity contribution in [3.05, 3.63) is 35.9 Å². The Morgan fingerprint density at radius 1 is 1.30 bits per heavy atom. The summed E-state index contributed by atoms with van der Waals surface area (Å²) in [6.07, 6.45) is 3.37. The van der Waals surface area contributed by atoms with Crippen molar-refractivity contribution in [2.45, 2.75) is 38.2 Å². The largest absolute Gasteiger partial charge is 0.383 e. The Kier molecular flexibility index (Phi) is 4.83. The molecular formula is C15H23NO3S. The van der Waals surface area contributed by atoms with Gasteiger partial charge >= 0.3 is 0 Å². The van der Waals surface area contributed by atoms with Crippen LogP contribution < -0.4 is 4.72 Å². The van der Waals surface area contributed by atoms with Crippen LogP contribution in [0.1, 0.15) is 38.2 Å². The molecule has 0 heterocycles. The molecule has 0 unspecified atom stereocenters. The van der Waals surface area contributed by atoms with Crippen LogP contribution in [0.3, 0.4) is 0 Å². The van der Waals surface area contributed by atoms with E-state index in [1.165, 1.54) is 0 Å². The highest BCUT2D eigenvalue weighted by atomic mass is 32.2. The number of sulfonamides is 1. The third kappa shape index (κ3) is 3.81. The second-order valence-corrected chi connectivity index (χ2v) is 7.48. The first kappa shape index (κ1) is 15.5. The van der Waals surface area contributed by atoms with Gasteiger partial charge in [-0.05, 0) is 30.7 Å². The van der Waals surface area contributed by atoms with E-state index in [0.29, 0.717) is 6.42 Å². The molecule has 4 nitrogen and oxygen atoms in total. The molecule has 1 atom stereocenters. The number of hydrogen-bond donors (Lipinski definition) is 2. The van der Waals surface area contributed by atoms with E-state index in [1.54, 1.807) is 0 Å². The highest BCUT2D eigenvalue weighted by Crippen LogP contribution is 2.45. The van der Waals surface area contributed by atoms with Gasteiger partial charge in [-0.15, -0.1) is 0 Å². The summed E-state index contributed by atoms with van der Waals surface area (Å²) in [6.45, 7) is 2.02. The van der Waals surface area contributed by atoms with Crippen molar-refractivity contribution in [2.24, 2.45) is 5.92 Å². The van der Waals surface area contributed by atoms with Gasteiger partial charge in [0.1, 0.15) is 5.60 Å². The van der Waals surface area contributed by atoms with Gasteiger partial charge in [-0.1, -0.05) is 43.7 Å². The molecule has 0 radical (unpaired) electrons. The first-order valence-electron chi connectivity index (χ1n) is 7.23. The van der Waals surface area contributed by atoms with Crippen molar-refractivity contribution in [1.82, 2.24) is 4.72 Å². The topological polar surface area (TPSA) is 66.4 Å². The Morgan fingerprint density at radius 3 is 2.50 bits per heavy atom. The van der Waals surface area contributed by atoms with Crippen LogP contribution in [-0.4, -0.2) is 25.8 Å². The van der Waals surface area contributed by atoms with Crippen LogP contribution in [-0.2, 0) is 15.6 Å². The average molecular weight is 297 g/mol. The molecule has 0 aromatic heterocycles. The molecule has 112 valence electrons. The average Bonchev–Trinajstić information content (AvgIpc) is 3.29. The summed E-state index contributed by atoms with van der Waals surface area (Å²) in [5.41, 5.74) is -0.290. The summed E-state index contributed by atoms with van der Waals surface area (Å²) >= 11 is 0. The number of aliphatic hydroxyl groups is 1. The number of nitrogens with one attached hydrogen (secondary N) is 1. The minimum atomic E-state index is -3.30. The zero-order chi connectivity index (χ0) is 14.6. The minimum absolute atomic E-state index is 0.0632. The molecule has 1 aliphatic rings. The number of unbranched alkanes of at least 4 members (excludes halogenated alkanes) is 1. The van der Waals surface area contributed by atoms with Crippen molar-refractivity contribution in [3.63, 3.8) is 0 Å². The van der Waals surface area contributed by atoms with Crippen molar-refractivity contribution < 1.29 is 13.5 Å². The molecule has 0 saturated heterocycles. The lowest BCUT2D eigenvalue weighted by atomic mass is 9.89. The lowest BCUT2D eigenvalue weighted by Gasteiger charge is -2.29. The van der Waals surface area contributed by atoms with E-state index in [0.717, 1.165) is 24.8 Å². The van der Waals surface area contributed by atoms with Crippen LogP contribution in [0.2, 0.25) is 0 Å². The highest BCUT2D eigenvalue weighted by Gasteiger charge is 2.45. The van der Waals surface area contributed by atoms with Crippen LogP contribution in [0.15, 0.2) is 30.3 Å². The Labute approximate surface area is 121 Å². The van der Waals surface area contributed by atoms with Gasteiger partial charge in [-0.3, -0.25) is 0 Å². The van der Waals surface area contributed by atoms with E-state index in [9.17, 15) is 13.5 Å². The van der Waals surface area contributed by atoms with Crippen LogP contribution in [0, 0.1) is 5.92 Å². The zero-order valence-electron chi connectivity index (χ0n) is 11.9. The molecule has 1 aromatic carbocycles. The van der Waals surface area contributed by atoms with Gasteiger partial charge in [-0.25, -0.2) is 13.1 Å². The molecule has 0 bridgehead atoms. The maximum Gasteiger partial charge on any atom is 0.211 e. The van der Waals surface area contributed by atoms with Crippen LogP contribution >= 0.6 is 0 Å². The molecule has 1 saturated carbocycles. The van der Waals surface area contributed by atoms with Crippen LogP contribution in [0.4, 0.5) is 0 Å². The fourth-order valence-electron chi connectivity index (χ4n) is 2.40. The fourth-order valence-corrected chi connectivity index (χ4v) is 3.65. The number of rotatable bonds is 8. The maximum atomic E-state index is 11.9. The second kappa shape index (κ2) is 6.24. The second-order valence-electron chi connectivity index (χ2n) is 5.56. The van der Waals surface area contributed by atoms with Gasteiger partial charge in [0.05, 0.1) is 5.75 Å². The third-order valence-corrected chi connectivity index (χ3v) is 5.26. The normalized spacial score (nSPS) is 18.7. The smallest absolute Gasteiger partial charge is 0.211 e. The van der Waals surface area contributed by atoms with Gasteiger partial charge < -0.3 is 5.11 Å². The lowest BCUT2D eigenvalue weighted by Crippen LogP contribution is -2.43. The summed E-state index contributed by atoms with van der Waals surface area (Å²) < 4.78 is 26.4. The Hall–Kier alpha value is -0.910. The zero-order valence-corrected chi connectivity index (χ0v) is 12.7. The molecule has 1 fully saturated rings. The maximum absolute atomic E-state index is 11.9. The van der Waals surface area contributed by atoms with E-state index in [4.69, 9.17) is 0 Å². The standard InChI is InChI=1S/C15H23NO3S/c1-2-3-11-20(18,19)16-12-15(17,14-9-10-14)13-7-5-4-6-8-13/h4-8,14,16-17H,2-3,9-12H2,1H3/t15-/m0/s1. The fraction of sp³-hybridized carbons (Fsp3) is 0.600. The Balaban J connectivity index is 2.07. The minimum Gasteiger partial charge on any atom is -0.383 e. The Morgan fingerprint density at radius 2 is 1.95 bits per heavy atom. The first-order chi connectivity index (χ1) is 9.48. The molecule has 1 aliphatic carbocycles. The van der Waals surface area contributed by atoms with E-state index in [1.807, 2.05) is 37.3 Å². The van der Waals surface area contributed by atoms with Gasteiger partial charge in [0, 0.05) is 6.54 Å².